The van der Waals surface area contributed by atoms with E-state index in [1.165, 1.54) is 6.42 Å². The SMILES string of the molecule is O=C(c1cccc([C@H]2CCCNC2)n1)N1CCOCC1. The monoisotopic (exact) mass is 275 g/mol. The van der Waals surface area contributed by atoms with Crippen LogP contribution in [-0.2, 0) is 4.74 Å². The smallest absolute Gasteiger partial charge is 0.272 e. The number of ether oxygens (including phenoxy) is 1. The average Bonchev–Trinajstić information content (AvgIpc) is 2.56. The van der Waals surface area contributed by atoms with Crippen molar-refractivity contribution in [2.75, 3.05) is 39.4 Å². The van der Waals surface area contributed by atoms with Gasteiger partial charge in [-0.1, -0.05) is 6.07 Å². The number of nitrogens with zero attached hydrogens (tertiary/aromatic N) is 2. The van der Waals surface area contributed by atoms with Crippen LogP contribution in [0.2, 0.25) is 0 Å². The van der Waals surface area contributed by atoms with Crippen molar-refractivity contribution in [1.82, 2.24) is 15.2 Å². The van der Waals surface area contributed by atoms with Crippen molar-refractivity contribution in [2.45, 2.75) is 18.8 Å². The Labute approximate surface area is 119 Å². The number of hydrogen-bond donors (Lipinski definition) is 1. The number of hydrogen-bond acceptors (Lipinski definition) is 4. The quantitative estimate of drug-likeness (QED) is 0.875. The zero-order valence-electron chi connectivity index (χ0n) is 11.7. The highest BCUT2D eigenvalue weighted by Gasteiger charge is 2.22. The zero-order valence-corrected chi connectivity index (χ0v) is 11.7. The fraction of sp³-hybridized carbons (Fsp3) is 0.600. The summed E-state index contributed by atoms with van der Waals surface area (Å²) < 4.78 is 5.28. The number of pyridine rings is 1. The number of morpholine rings is 1. The Bertz CT molecular complexity index is 466. The Morgan fingerprint density at radius 2 is 2.20 bits per heavy atom. The summed E-state index contributed by atoms with van der Waals surface area (Å²) in [5, 5.41) is 3.39. The van der Waals surface area contributed by atoms with Gasteiger partial charge >= 0.3 is 0 Å². The molecular weight excluding hydrogens is 254 g/mol. The van der Waals surface area contributed by atoms with E-state index >= 15 is 0 Å². The van der Waals surface area contributed by atoms with Gasteiger partial charge in [0, 0.05) is 31.2 Å². The second-order valence-electron chi connectivity index (χ2n) is 5.40. The number of nitrogens with one attached hydrogen (secondary N) is 1. The van der Waals surface area contributed by atoms with Crippen LogP contribution in [0.4, 0.5) is 0 Å². The van der Waals surface area contributed by atoms with E-state index in [1.54, 1.807) is 0 Å². The summed E-state index contributed by atoms with van der Waals surface area (Å²) in [6.45, 7) is 4.62. The third kappa shape index (κ3) is 2.99. The summed E-state index contributed by atoms with van der Waals surface area (Å²) in [5.41, 5.74) is 1.60. The highest BCUT2D eigenvalue weighted by molar-refractivity contribution is 5.92. The Morgan fingerprint density at radius 1 is 1.35 bits per heavy atom. The first-order chi connectivity index (χ1) is 9.84. The molecule has 2 fully saturated rings. The molecule has 3 rings (SSSR count). The molecule has 2 aliphatic heterocycles. The maximum absolute atomic E-state index is 12.4. The van der Waals surface area contributed by atoms with E-state index in [9.17, 15) is 4.79 Å². The standard InChI is InChI=1S/C15H21N3O2/c19-15(18-7-9-20-10-8-18)14-5-1-4-13(17-14)12-3-2-6-16-11-12/h1,4-5,12,16H,2-3,6-11H2/t12-/m0/s1. The Hall–Kier alpha value is -1.46. The fourth-order valence-corrected chi connectivity index (χ4v) is 2.83. The molecule has 5 heteroatoms. The minimum Gasteiger partial charge on any atom is -0.378 e. The Kier molecular flexibility index (Phi) is 4.28. The third-order valence-electron chi connectivity index (χ3n) is 4.00. The van der Waals surface area contributed by atoms with E-state index in [0.29, 0.717) is 37.9 Å². The molecule has 3 heterocycles. The predicted molar refractivity (Wildman–Crippen MR) is 75.8 cm³/mol. The van der Waals surface area contributed by atoms with Crippen LogP contribution in [0, 0.1) is 0 Å². The van der Waals surface area contributed by atoms with Crippen LogP contribution >= 0.6 is 0 Å². The van der Waals surface area contributed by atoms with Crippen molar-refractivity contribution >= 4 is 5.91 Å². The topological polar surface area (TPSA) is 54.5 Å². The number of piperidine rings is 1. The van der Waals surface area contributed by atoms with Gasteiger partial charge in [-0.3, -0.25) is 4.79 Å². The summed E-state index contributed by atoms with van der Waals surface area (Å²) in [5.74, 6) is 0.458. The van der Waals surface area contributed by atoms with E-state index in [0.717, 1.165) is 25.2 Å². The third-order valence-corrected chi connectivity index (χ3v) is 4.00. The lowest BCUT2D eigenvalue weighted by molar-refractivity contribution is 0.0299. The minimum absolute atomic E-state index is 0.0268. The van der Waals surface area contributed by atoms with Gasteiger partial charge in [0.15, 0.2) is 0 Å². The van der Waals surface area contributed by atoms with E-state index in [-0.39, 0.29) is 5.91 Å². The van der Waals surface area contributed by atoms with Gasteiger partial charge in [0.25, 0.3) is 5.91 Å². The van der Waals surface area contributed by atoms with Crippen LogP contribution in [0.3, 0.4) is 0 Å². The first kappa shape index (κ1) is 13.5. The van der Waals surface area contributed by atoms with E-state index in [4.69, 9.17) is 4.74 Å². The van der Waals surface area contributed by atoms with Crippen LogP contribution in [0.1, 0.15) is 34.9 Å². The second kappa shape index (κ2) is 6.33. The molecule has 0 spiro atoms. The number of rotatable bonds is 2. The predicted octanol–water partition coefficient (Wildman–Crippen LogP) is 1.02. The molecule has 0 unspecified atom stereocenters. The highest BCUT2D eigenvalue weighted by Crippen LogP contribution is 2.21. The molecule has 2 aliphatic rings. The average molecular weight is 275 g/mol. The summed E-state index contributed by atoms with van der Waals surface area (Å²) in [4.78, 5) is 18.9. The summed E-state index contributed by atoms with van der Waals surface area (Å²) >= 11 is 0. The van der Waals surface area contributed by atoms with Crippen molar-refractivity contribution < 1.29 is 9.53 Å². The molecule has 1 aromatic rings. The fourth-order valence-electron chi connectivity index (χ4n) is 2.83. The van der Waals surface area contributed by atoms with Crippen molar-refractivity contribution in [1.29, 1.82) is 0 Å². The van der Waals surface area contributed by atoms with Gasteiger partial charge in [-0.2, -0.15) is 0 Å². The van der Waals surface area contributed by atoms with Crippen LogP contribution < -0.4 is 5.32 Å². The van der Waals surface area contributed by atoms with Gasteiger partial charge in [0.05, 0.1) is 13.2 Å². The maximum Gasteiger partial charge on any atom is 0.272 e. The van der Waals surface area contributed by atoms with Crippen molar-refractivity contribution in [3.05, 3.63) is 29.6 Å². The molecule has 5 nitrogen and oxygen atoms in total. The number of amides is 1. The van der Waals surface area contributed by atoms with Gasteiger partial charge in [-0.25, -0.2) is 4.98 Å². The lowest BCUT2D eigenvalue weighted by Crippen LogP contribution is -2.41. The molecule has 108 valence electrons. The van der Waals surface area contributed by atoms with Crippen molar-refractivity contribution in [3.63, 3.8) is 0 Å². The molecule has 1 amide bonds. The minimum atomic E-state index is 0.0268. The molecule has 1 N–H and O–H groups in total. The van der Waals surface area contributed by atoms with Crippen molar-refractivity contribution in [2.24, 2.45) is 0 Å². The normalized spacial score (nSPS) is 23.6. The van der Waals surface area contributed by atoms with E-state index in [2.05, 4.69) is 10.3 Å². The Morgan fingerprint density at radius 3 is 2.95 bits per heavy atom. The van der Waals surface area contributed by atoms with Gasteiger partial charge in [-0.05, 0) is 31.5 Å². The molecule has 1 atom stereocenters. The number of carbonyl (C=O) groups excluding carboxylic acids is 1. The second-order valence-corrected chi connectivity index (χ2v) is 5.40. The molecule has 20 heavy (non-hydrogen) atoms. The lowest BCUT2D eigenvalue weighted by Gasteiger charge is -2.27. The molecule has 0 aromatic carbocycles. The molecule has 2 saturated heterocycles. The van der Waals surface area contributed by atoms with Crippen LogP contribution in [0.5, 0.6) is 0 Å². The summed E-state index contributed by atoms with van der Waals surface area (Å²) in [6.07, 6.45) is 2.32. The van der Waals surface area contributed by atoms with Gasteiger partial charge in [0.2, 0.25) is 0 Å². The summed E-state index contributed by atoms with van der Waals surface area (Å²) in [6, 6.07) is 5.80. The van der Waals surface area contributed by atoms with Gasteiger partial charge in [0.1, 0.15) is 5.69 Å². The van der Waals surface area contributed by atoms with E-state index < -0.39 is 0 Å². The van der Waals surface area contributed by atoms with Crippen molar-refractivity contribution in [3.8, 4) is 0 Å². The van der Waals surface area contributed by atoms with Crippen LogP contribution in [0.15, 0.2) is 18.2 Å². The number of aromatic nitrogens is 1. The zero-order chi connectivity index (χ0) is 13.8. The number of carbonyl (C=O) groups is 1. The Balaban J connectivity index is 1.74. The molecule has 0 saturated carbocycles. The molecule has 1 aromatic heterocycles. The highest BCUT2D eigenvalue weighted by atomic mass is 16.5. The summed E-state index contributed by atoms with van der Waals surface area (Å²) in [7, 11) is 0. The molecular formula is C15H21N3O2. The van der Waals surface area contributed by atoms with Gasteiger partial charge in [-0.15, -0.1) is 0 Å². The van der Waals surface area contributed by atoms with Gasteiger partial charge < -0.3 is 15.0 Å². The molecule has 0 radical (unpaired) electrons. The maximum atomic E-state index is 12.4. The molecule has 0 aliphatic carbocycles. The largest absolute Gasteiger partial charge is 0.378 e. The first-order valence-electron chi connectivity index (χ1n) is 7.39. The molecule has 0 bridgehead atoms. The lowest BCUT2D eigenvalue weighted by atomic mass is 9.95. The van der Waals surface area contributed by atoms with Crippen LogP contribution in [0.25, 0.3) is 0 Å². The van der Waals surface area contributed by atoms with Crippen LogP contribution in [-0.4, -0.2) is 55.2 Å². The first-order valence-corrected chi connectivity index (χ1v) is 7.39. The van der Waals surface area contributed by atoms with E-state index in [1.807, 2.05) is 23.1 Å².